The fourth-order valence-corrected chi connectivity index (χ4v) is 3.28. The summed E-state index contributed by atoms with van der Waals surface area (Å²) in [5.74, 6) is 0.404. The van der Waals surface area contributed by atoms with Crippen LogP contribution in [0.2, 0.25) is 0 Å². The molecule has 1 aliphatic rings. The maximum atomic E-state index is 12.5. The van der Waals surface area contributed by atoms with E-state index < -0.39 is 0 Å². The highest BCUT2D eigenvalue weighted by atomic mass is 16.2. The fraction of sp³-hybridized carbons (Fsp3) is 0.381. The zero-order chi connectivity index (χ0) is 19.2. The van der Waals surface area contributed by atoms with Gasteiger partial charge >= 0.3 is 0 Å². The molecule has 2 amide bonds. The van der Waals surface area contributed by atoms with Crippen molar-refractivity contribution >= 4 is 17.5 Å². The number of carbonyl (C=O) groups excluding carboxylic acids is 2. The van der Waals surface area contributed by atoms with E-state index in [1.165, 1.54) is 0 Å². The highest BCUT2D eigenvalue weighted by Crippen LogP contribution is 2.19. The number of pyridine rings is 1. The van der Waals surface area contributed by atoms with Crippen LogP contribution in [0.25, 0.3) is 0 Å². The molecule has 0 atom stereocenters. The first kappa shape index (κ1) is 18.9. The maximum Gasteiger partial charge on any atom is 0.253 e. The highest BCUT2D eigenvalue weighted by molar-refractivity contribution is 5.95. The molecule has 6 nitrogen and oxygen atoms in total. The monoisotopic (exact) mass is 366 g/mol. The quantitative estimate of drug-likeness (QED) is 0.883. The summed E-state index contributed by atoms with van der Waals surface area (Å²) in [6.45, 7) is 2.08. The van der Waals surface area contributed by atoms with Crippen molar-refractivity contribution in [2.75, 3.05) is 38.6 Å². The van der Waals surface area contributed by atoms with Crippen molar-refractivity contribution in [2.24, 2.45) is 5.92 Å². The summed E-state index contributed by atoms with van der Waals surface area (Å²) in [6, 6.07) is 11.1. The number of hydrogen-bond acceptors (Lipinski definition) is 4. The molecule has 1 saturated heterocycles. The Bertz CT molecular complexity index is 784. The average molecular weight is 366 g/mol. The van der Waals surface area contributed by atoms with E-state index in [2.05, 4.69) is 10.3 Å². The molecule has 0 spiro atoms. The van der Waals surface area contributed by atoms with E-state index in [9.17, 15) is 9.59 Å². The van der Waals surface area contributed by atoms with Gasteiger partial charge in [-0.3, -0.25) is 14.6 Å². The van der Waals surface area contributed by atoms with E-state index >= 15 is 0 Å². The molecule has 3 rings (SSSR count). The second-order valence-electron chi connectivity index (χ2n) is 7.13. The van der Waals surface area contributed by atoms with Crippen molar-refractivity contribution in [3.63, 3.8) is 0 Å². The Morgan fingerprint density at radius 1 is 1.11 bits per heavy atom. The third kappa shape index (κ3) is 4.84. The highest BCUT2D eigenvalue weighted by Gasteiger charge is 2.24. The number of anilines is 1. The topological polar surface area (TPSA) is 65.5 Å². The smallest absolute Gasteiger partial charge is 0.253 e. The molecule has 1 N–H and O–H groups in total. The van der Waals surface area contributed by atoms with Gasteiger partial charge < -0.3 is 15.1 Å². The second kappa shape index (κ2) is 8.66. The van der Waals surface area contributed by atoms with Gasteiger partial charge in [0.2, 0.25) is 0 Å². The lowest BCUT2D eigenvalue weighted by atomic mass is 9.96. The largest absolute Gasteiger partial charge is 0.378 e. The molecule has 142 valence electrons. The lowest BCUT2D eigenvalue weighted by Gasteiger charge is -2.32. The Morgan fingerprint density at radius 2 is 1.81 bits per heavy atom. The molecule has 0 saturated carbocycles. The molecule has 1 aromatic carbocycles. The maximum absolute atomic E-state index is 12.5. The average Bonchev–Trinajstić information content (AvgIpc) is 2.72. The Hall–Kier alpha value is -2.89. The van der Waals surface area contributed by atoms with Crippen LogP contribution in [0.1, 0.15) is 33.6 Å². The summed E-state index contributed by atoms with van der Waals surface area (Å²) in [5.41, 5.74) is 2.36. The number of aromatic nitrogens is 1. The molecule has 0 unspecified atom stereocenters. The van der Waals surface area contributed by atoms with Gasteiger partial charge in [-0.2, -0.15) is 0 Å². The number of carbonyl (C=O) groups is 2. The lowest BCUT2D eigenvalue weighted by Crippen LogP contribution is -2.41. The minimum absolute atomic E-state index is 0.0472. The van der Waals surface area contributed by atoms with E-state index in [1.807, 2.05) is 48.2 Å². The molecule has 1 fully saturated rings. The number of piperidine rings is 1. The van der Waals surface area contributed by atoms with Crippen molar-refractivity contribution in [1.29, 1.82) is 0 Å². The van der Waals surface area contributed by atoms with Gasteiger partial charge in [0.25, 0.3) is 11.8 Å². The van der Waals surface area contributed by atoms with Gasteiger partial charge in [-0.05, 0) is 49.1 Å². The van der Waals surface area contributed by atoms with Gasteiger partial charge in [0.1, 0.15) is 0 Å². The summed E-state index contributed by atoms with van der Waals surface area (Å²) in [7, 11) is 3.91. The molecule has 2 aromatic rings. The summed E-state index contributed by atoms with van der Waals surface area (Å²) in [6.07, 6.45) is 5.07. The summed E-state index contributed by atoms with van der Waals surface area (Å²) in [4.78, 5) is 32.7. The minimum Gasteiger partial charge on any atom is -0.378 e. The van der Waals surface area contributed by atoms with Crippen LogP contribution in [0.3, 0.4) is 0 Å². The van der Waals surface area contributed by atoms with Crippen LogP contribution in [-0.2, 0) is 0 Å². The zero-order valence-electron chi connectivity index (χ0n) is 15.9. The van der Waals surface area contributed by atoms with Crippen LogP contribution in [-0.4, -0.2) is 55.4 Å². The molecule has 0 aliphatic carbocycles. The van der Waals surface area contributed by atoms with Crippen molar-refractivity contribution < 1.29 is 9.59 Å². The van der Waals surface area contributed by atoms with E-state index in [1.54, 1.807) is 24.5 Å². The van der Waals surface area contributed by atoms with Gasteiger partial charge in [0, 0.05) is 62.9 Å². The number of likely N-dealkylation sites (tertiary alicyclic amines) is 1. The van der Waals surface area contributed by atoms with Gasteiger partial charge in [-0.25, -0.2) is 0 Å². The van der Waals surface area contributed by atoms with Crippen LogP contribution in [0.4, 0.5) is 5.69 Å². The second-order valence-corrected chi connectivity index (χ2v) is 7.13. The van der Waals surface area contributed by atoms with Crippen LogP contribution in [0, 0.1) is 5.92 Å². The van der Waals surface area contributed by atoms with Gasteiger partial charge in [-0.1, -0.05) is 6.07 Å². The number of nitrogens with one attached hydrogen (secondary N) is 1. The summed E-state index contributed by atoms with van der Waals surface area (Å²) in [5, 5.41) is 3.04. The van der Waals surface area contributed by atoms with Crippen LogP contribution < -0.4 is 10.2 Å². The molecule has 2 heterocycles. The van der Waals surface area contributed by atoms with E-state index in [4.69, 9.17) is 0 Å². The number of rotatable bonds is 5. The van der Waals surface area contributed by atoms with Crippen molar-refractivity contribution in [3.05, 3.63) is 59.9 Å². The first-order valence-electron chi connectivity index (χ1n) is 9.29. The van der Waals surface area contributed by atoms with Crippen molar-refractivity contribution in [3.8, 4) is 0 Å². The van der Waals surface area contributed by atoms with Gasteiger partial charge in [-0.15, -0.1) is 0 Å². The zero-order valence-corrected chi connectivity index (χ0v) is 15.9. The normalized spacial score (nSPS) is 14.7. The molecule has 1 aromatic heterocycles. The summed E-state index contributed by atoms with van der Waals surface area (Å²) < 4.78 is 0. The number of benzene rings is 1. The third-order valence-corrected chi connectivity index (χ3v) is 5.01. The Balaban J connectivity index is 1.47. The first-order chi connectivity index (χ1) is 13.0. The molecule has 0 radical (unpaired) electrons. The Labute approximate surface area is 160 Å². The van der Waals surface area contributed by atoms with Crippen molar-refractivity contribution in [1.82, 2.24) is 15.2 Å². The standard InChI is InChI=1S/C21H26N4O2/c1-24(2)19-5-3-4-18(14-19)20(26)23-15-16-8-12-25(13-9-16)21(27)17-6-10-22-11-7-17/h3-7,10-11,14,16H,8-9,12-13,15H2,1-2H3,(H,23,26). The predicted octanol–water partition coefficient (Wildman–Crippen LogP) is 2.43. The minimum atomic E-state index is -0.0472. The SMILES string of the molecule is CN(C)c1cccc(C(=O)NCC2CCN(C(=O)c3ccncc3)CC2)c1. The fourth-order valence-electron chi connectivity index (χ4n) is 3.28. The summed E-state index contributed by atoms with van der Waals surface area (Å²) >= 11 is 0. The van der Waals surface area contributed by atoms with E-state index in [-0.39, 0.29) is 11.8 Å². The molecular formula is C21H26N4O2. The molecule has 0 bridgehead atoms. The molecular weight excluding hydrogens is 340 g/mol. The molecule has 27 heavy (non-hydrogen) atoms. The van der Waals surface area contributed by atoms with Gasteiger partial charge in [0.15, 0.2) is 0 Å². The predicted molar refractivity (Wildman–Crippen MR) is 106 cm³/mol. The van der Waals surface area contributed by atoms with Gasteiger partial charge in [0.05, 0.1) is 0 Å². The Kier molecular flexibility index (Phi) is 6.06. The number of amides is 2. The van der Waals surface area contributed by atoms with Crippen molar-refractivity contribution in [2.45, 2.75) is 12.8 Å². The third-order valence-electron chi connectivity index (χ3n) is 5.01. The number of hydrogen-bond donors (Lipinski definition) is 1. The van der Waals surface area contributed by atoms with Crippen LogP contribution in [0.15, 0.2) is 48.8 Å². The van der Waals surface area contributed by atoms with E-state index in [0.29, 0.717) is 23.6 Å². The molecule has 1 aliphatic heterocycles. The lowest BCUT2D eigenvalue weighted by molar-refractivity contribution is 0.0684. The molecule has 6 heteroatoms. The Morgan fingerprint density at radius 3 is 2.48 bits per heavy atom. The van der Waals surface area contributed by atoms with E-state index in [0.717, 1.165) is 31.6 Å². The first-order valence-corrected chi connectivity index (χ1v) is 9.29. The van der Waals surface area contributed by atoms with Crippen LogP contribution in [0.5, 0.6) is 0 Å². The van der Waals surface area contributed by atoms with Crippen LogP contribution >= 0.6 is 0 Å². The number of nitrogens with zero attached hydrogens (tertiary/aromatic N) is 3.